The number of halogens is 1. The molecular formula is C13H14ClN3OS. The summed E-state index contributed by atoms with van der Waals surface area (Å²) in [5.41, 5.74) is 6.49. The lowest BCUT2D eigenvalue weighted by Gasteiger charge is -2.24. The number of thiophene rings is 1. The Morgan fingerprint density at radius 1 is 1.58 bits per heavy atom. The summed E-state index contributed by atoms with van der Waals surface area (Å²) < 4.78 is 0. The molecule has 1 atom stereocenters. The van der Waals surface area contributed by atoms with Gasteiger partial charge in [0, 0.05) is 11.9 Å². The third-order valence-electron chi connectivity index (χ3n) is 2.99. The Kier molecular flexibility index (Phi) is 4.07. The lowest BCUT2D eigenvalue weighted by molar-refractivity contribution is 0.0746. The molecule has 0 aromatic carbocycles. The van der Waals surface area contributed by atoms with Crippen LogP contribution in [0.2, 0.25) is 5.15 Å². The Bertz CT molecular complexity index is 586. The van der Waals surface area contributed by atoms with E-state index in [1.165, 1.54) is 12.3 Å². The quantitative estimate of drug-likeness (QED) is 0.885. The fraction of sp³-hybridized carbons (Fsp3) is 0.231. The van der Waals surface area contributed by atoms with Crippen molar-refractivity contribution in [3.8, 4) is 0 Å². The molecule has 0 saturated carbocycles. The zero-order chi connectivity index (χ0) is 14.0. The molecule has 4 nitrogen and oxygen atoms in total. The average Bonchev–Trinajstić information content (AvgIpc) is 2.93. The maximum absolute atomic E-state index is 12.4. The number of nitrogen functional groups attached to an aromatic ring is 1. The second-order valence-electron chi connectivity index (χ2n) is 4.20. The van der Waals surface area contributed by atoms with Crippen molar-refractivity contribution >= 4 is 34.5 Å². The van der Waals surface area contributed by atoms with E-state index in [0.29, 0.717) is 11.3 Å². The summed E-state index contributed by atoms with van der Waals surface area (Å²) in [6.45, 7) is 1.97. The summed E-state index contributed by atoms with van der Waals surface area (Å²) in [6, 6.07) is 5.45. The number of carbonyl (C=O) groups excluding carboxylic acids is 1. The fourth-order valence-electron chi connectivity index (χ4n) is 1.71. The molecule has 0 fully saturated rings. The lowest BCUT2D eigenvalue weighted by Crippen LogP contribution is -2.29. The number of aromatic nitrogens is 1. The van der Waals surface area contributed by atoms with Crippen molar-refractivity contribution in [2.75, 3.05) is 12.8 Å². The number of anilines is 1. The van der Waals surface area contributed by atoms with Gasteiger partial charge in [-0.1, -0.05) is 17.7 Å². The first-order valence-corrected chi connectivity index (χ1v) is 6.98. The minimum atomic E-state index is -0.164. The van der Waals surface area contributed by atoms with Crippen molar-refractivity contribution in [1.82, 2.24) is 9.88 Å². The normalized spacial score (nSPS) is 12.2. The predicted octanol–water partition coefficient (Wildman–Crippen LogP) is 3.21. The predicted molar refractivity (Wildman–Crippen MR) is 78.5 cm³/mol. The van der Waals surface area contributed by atoms with Gasteiger partial charge in [-0.15, -0.1) is 11.3 Å². The molecule has 19 heavy (non-hydrogen) atoms. The minimum Gasteiger partial charge on any atom is -0.397 e. The maximum atomic E-state index is 12.4. The molecule has 2 aromatic heterocycles. The molecule has 0 radical (unpaired) electrons. The van der Waals surface area contributed by atoms with E-state index in [9.17, 15) is 4.79 Å². The Balaban J connectivity index is 2.26. The van der Waals surface area contributed by atoms with Gasteiger partial charge in [-0.25, -0.2) is 4.98 Å². The van der Waals surface area contributed by atoms with Crippen LogP contribution in [-0.4, -0.2) is 22.8 Å². The van der Waals surface area contributed by atoms with E-state index in [1.54, 1.807) is 23.3 Å². The highest BCUT2D eigenvalue weighted by molar-refractivity contribution is 7.10. The van der Waals surface area contributed by atoms with Crippen LogP contribution in [0, 0.1) is 0 Å². The number of amides is 1. The zero-order valence-corrected chi connectivity index (χ0v) is 12.2. The van der Waals surface area contributed by atoms with Crippen LogP contribution in [0.15, 0.2) is 29.8 Å². The molecule has 100 valence electrons. The van der Waals surface area contributed by atoms with Crippen LogP contribution in [0.3, 0.4) is 0 Å². The van der Waals surface area contributed by atoms with Crippen molar-refractivity contribution in [3.05, 3.63) is 45.4 Å². The van der Waals surface area contributed by atoms with Crippen molar-refractivity contribution in [2.24, 2.45) is 0 Å². The Morgan fingerprint density at radius 3 is 2.95 bits per heavy atom. The highest BCUT2D eigenvalue weighted by Gasteiger charge is 2.21. The van der Waals surface area contributed by atoms with Crippen LogP contribution >= 0.6 is 22.9 Å². The minimum absolute atomic E-state index is 0.0150. The summed E-state index contributed by atoms with van der Waals surface area (Å²) in [6.07, 6.45) is 1.40. The van der Waals surface area contributed by atoms with E-state index in [0.717, 1.165) is 4.88 Å². The van der Waals surface area contributed by atoms with Crippen LogP contribution in [0.25, 0.3) is 0 Å². The number of pyridine rings is 1. The van der Waals surface area contributed by atoms with E-state index in [2.05, 4.69) is 4.98 Å². The third kappa shape index (κ3) is 2.88. The molecule has 2 rings (SSSR count). The first-order chi connectivity index (χ1) is 9.00. The van der Waals surface area contributed by atoms with Crippen molar-refractivity contribution < 1.29 is 4.79 Å². The molecule has 6 heteroatoms. The average molecular weight is 296 g/mol. The number of carbonyl (C=O) groups is 1. The standard InChI is InChI=1S/C13H14ClN3OS/c1-8(11-4-3-5-19-11)17(2)13(18)9-6-12(14)16-7-10(9)15/h3-8H,15H2,1-2H3. The van der Waals surface area contributed by atoms with Gasteiger partial charge in [-0.2, -0.15) is 0 Å². The summed E-state index contributed by atoms with van der Waals surface area (Å²) in [5, 5.41) is 2.25. The fourth-order valence-corrected chi connectivity index (χ4v) is 2.70. The second kappa shape index (κ2) is 5.59. The number of nitrogens with zero attached hydrogens (tertiary/aromatic N) is 2. The Hall–Kier alpha value is -1.59. The van der Waals surface area contributed by atoms with Crippen molar-refractivity contribution in [2.45, 2.75) is 13.0 Å². The Morgan fingerprint density at radius 2 is 2.32 bits per heavy atom. The number of nitrogens with two attached hydrogens (primary N) is 1. The zero-order valence-electron chi connectivity index (χ0n) is 10.6. The van der Waals surface area contributed by atoms with Crippen LogP contribution in [0.1, 0.15) is 28.2 Å². The van der Waals surface area contributed by atoms with Gasteiger partial charge in [-0.05, 0) is 24.4 Å². The van der Waals surface area contributed by atoms with Crippen LogP contribution < -0.4 is 5.73 Å². The molecule has 0 aliphatic heterocycles. The van der Waals surface area contributed by atoms with E-state index in [4.69, 9.17) is 17.3 Å². The molecule has 0 saturated heterocycles. The van der Waals surface area contributed by atoms with Gasteiger partial charge in [0.05, 0.1) is 23.5 Å². The van der Waals surface area contributed by atoms with E-state index in [1.807, 2.05) is 24.4 Å². The number of rotatable bonds is 3. The molecule has 0 spiro atoms. The molecule has 2 heterocycles. The molecule has 1 unspecified atom stereocenters. The molecule has 0 aliphatic carbocycles. The van der Waals surface area contributed by atoms with Gasteiger partial charge in [0.25, 0.3) is 5.91 Å². The smallest absolute Gasteiger partial charge is 0.256 e. The number of hydrogen-bond donors (Lipinski definition) is 1. The molecule has 0 bridgehead atoms. The van der Waals surface area contributed by atoms with Gasteiger partial charge in [0.1, 0.15) is 5.15 Å². The van der Waals surface area contributed by atoms with Gasteiger partial charge in [0.2, 0.25) is 0 Å². The van der Waals surface area contributed by atoms with Gasteiger partial charge < -0.3 is 10.6 Å². The van der Waals surface area contributed by atoms with Crippen molar-refractivity contribution in [3.63, 3.8) is 0 Å². The SMILES string of the molecule is CC(c1cccs1)N(C)C(=O)c1cc(Cl)ncc1N. The molecule has 2 N–H and O–H groups in total. The maximum Gasteiger partial charge on any atom is 0.256 e. The highest BCUT2D eigenvalue weighted by Crippen LogP contribution is 2.26. The largest absolute Gasteiger partial charge is 0.397 e. The van der Waals surface area contributed by atoms with E-state index >= 15 is 0 Å². The summed E-state index contributed by atoms with van der Waals surface area (Å²) in [5.74, 6) is -0.164. The lowest BCUT2D eigenvalue weighted by atomic mass is 10.1. The van der Waals surface area contributed by atoms with Gasteiger partial charge in [0.15, 0.2) is 0 Å². The monoisotopic (exact) mass is 295 g/mol. The second-order valence-corrected chi connectivity index (χ2v) is 5.57. The van der Waals surface area contributed by atoms with Crippen LogP contribution in [0.5, 0.6) is 0 Å². The molecular weight excluding hydrogens is 282 g/mol. The van der Waals surface area contributed by atoms with Crippen LogP contribution in [0.4, 0.5) is 5.69 Å². The first-order valence-electron chi connectivity index (χ1n) is 5.72. The summed E-state index contributed by atoms with van der Waals surface area (Å²) >= 11 is 7.43. The summed E-state index contributed by atoms with van der Waals surface area (Å²) in [7, 11) is 1.75. The van der Waals surface area contributed by atoms with Crippen molar-refractivity contribution in [1.29, 1.82) is 0 Å². The molecule has 1 amide bonds. The van der Waals surface area contributed by atoms with Crippen LogP contribution in [-0.2, 0) is 0 Å². The summed E-state index contributed by atoms with van der Waals surface area (Å²) in [4.78, 5) is 19.0. The first kappa shape index (κ1) is 13.8. The van der Waals surface area contributed by atoms with E-state index in [-0.39, 0.29) is 17.1 Å². The van der Waals surface area contributed by atoms with E-state index < -0.39 is 0 Å². The Labute approximate surface area is 120 Å². The molecule has 2 aromatic rings. The number of hydrogen-bond acceptors (Lipinski definition) is 4. The highest BCUT2D eigenvalue weighted by atomic mass is 35.5. The van der Waals surface area contributed by atoms with Gasteiger partial charge in [-0.3, -0.25) is 4.79 Å². The van der Waals surface area contributed by atoms with Gasteiger partial charge >= 0.3 is 0 Å². The third-order valence-corrected chi connectivity index (χ3v) is 4.24. The topological polar surface area (TPSA) is 59.2 Å². The molecule has 0 aliphatic rings.